The van der Waals surface area contributed by atoms with Crippen LogP contribution in [-0.2, 0) is 38.7 Å². The summed E-state index contributed by atoms with van der Waals surface area (Å²) < 4.78 is 54.1. The molecule has 0 aromatic carbocycles. The number of hydrogen-bond acceptors (Lipinski definition) is 11. The molecule has 0 aliphatic carbocycles. The van der Waals surface area contributed by atoms with Crippen molar-refractivity contribution in [1.29, 1.82) is 0 Å². The number of aliphatic hydroxyl groups excluding tert-OH is 3. The lowest BCUT2D eigenvalue weighted by molar-refractivity contribution is -0.297. The summed E-state index contributed by atoms with van der Waals surface area (Å²) in [5, 5.41) is 30.9. The zero-order valence-electron chi connectivity index (χ0n) is 37.1. The van der Waals surface area contributed by atoms with Crippen LogP contribution in [0.5, 0.6) is 0 Å². The quantitative estimate of drug-likeness (QED) is 0.0198. The number of allylic oxidation sites excluding steroid dienone is 2. The standard InChI is InChI=1S/C46H86O12S/c1-3-5-7-9-11-13-15-17-18-19-20-21-23-24-26-28-30-32-34-41(47)55-36-39(37-56-46-45(51)44(50)43(49)40(58-46)38-59(52,53)54)57-42(48)35-33-31-29-27-25-22-16-14-12-10-8-6-4-2/h22,25,39-40,43-46,49-51H,3-21,23-24,26-38H2,1-2H3,(H,52,53,54)/b25-22+/t39-,40-,43-,44?,45?,46+/m1/s1. The maximum absolute atomic E-state index is 12.8. The van der Waals surface area contributed by atoms with Gasteiger partial charge in [0, 0.05) is 12.8 Å². The van der Waals surface area contributed by atoms with Crippen molar-refractivity contribution >= 4 is 22.1 Å². The van der Waals surface area contributed by atoms with Gasteiger partial charge in [-0.3, -0.25) is 14.1 Å². The third kappa shape index (κ3) is 31.8. The zero-order valence-corrected chi connectivity index (χ0v) is 37.9. The van der Waals surface area contributed by atoms with E-state index in [1.54, 1.807) is 0 Å². The molecule has 0 radical (unpaired) electrons. The maximum atomic E-state index is 12.8. The summed E-state index contributed by atoms with van der Waals surface area (Å²) in [5.74, 6) is -1.99. The highest BCUT2D eigenvalue weighted by Gasteiger charge is 2.46. The summed E-state index contributed by atoms with van der Waals surface area (Å²) in [6.45, 7) is 3.76. The van der Waals surface area contributed by atoms with Crippen LogP contribution < -0.4 is 0 Å². The summed E-state index contributed by atoms with van der Waals surface area (Å²) >= 11 is 0. The fourth-order valence-corrected chi connectivity index (χ4v) is 8.07. The van der Waals surface area contributed by atoms with Crippen LogP contribution in [0.4, 0.5) is 0 Å². The molecule has 0 bridgehead atoms. The van der Waals surface area contributed by atoms with Gasteiger partial charge in [-0.1, -0.05) is 174 Å². The van der Waals surface area contributed by atoms with Gasteiger partial charge in [0.25, 0.3) is 10.1 Å². The summed E-state index contributed by atoms with van der Waals surface area (Å²) in [4.78, 5) is 25.4. The van der Waals surface area contributed by atoms with Gasteiger partial charge in [0.15, 0.2) is 12.4 Å². The van der Waals surface area contributed by atoms with Crippen LogP contribution >= 0.6 is 0 Å². The van der Waals surface area contributed by atoms with Gasteiger partial charge in [0.2, 0.25) is 0 Å². The van der Waals surface area contributed by atoms with Crippen LogP contribution in [0.25, 0.3) is 0 Å². The molecule has 59 heavy (non-hydrogen) atoms. The van der Waals surface area contributed by atoms with E-state index in [0.29, 0.717) is 12.8 Å². The van der Waals surface area contributed by atoms with E-state index >= 15 is 0 Å². The Kier molecular flexibility index (Phi) is 34.7. The topological polar surface area (TPSA) is 186 Å². The lowest BCUT2D eigenvalue weighted by Crippen LogP contribution is -2.60. The number of ether oxygens (including phenoxy) is 4. The van der Waals surface area contributed by atoms with Gasteiger partial charge in [0.1, 0.15) is 36.8 Å². The summed E-state index contributed by atoms with van der Waals surface area (Å²) in [7, 11) is -4.60. The number of carbonyl (C=O) groups excluding carboxylic acids is 2. The van der Waals surface area contributed by atoms with E-state index in [-0.39, 0.29) is 19.4 Å². The van der Waals surface area contributed by atoms with E-state index in [1.165, 1.54) is 128 Å². The molecule has 1 aliphatic rings. The van der Waals surface area contributed by atoms with E-state index in [9.17, 15) is 37.9 Å². The summed E-state index contributed by atoms with van der Waals surface area (Å²) in [6.07, 6.45) is 29.7. The lowest BCUT2D eigenvalue weighted by atomic mass is 10.00. The van der Waals surface area contributed by atoms with Gasteiger partial charge in [-0.25, -0.2) is 0 Å². The molecular weight excluding hydrogens is 777 g/mol. The Morgan fingerprint density at radius 2 is 0.966 bits per heavy atom. The average molecular weight is 863 g/mol. The number of rotatable bonds is 40. The second kappa shape index (κ2) is 37.0. The molecular formula is C46H86O12S. The molecule has 1 rings (SSSR count). The number of esters is 2. The van der Waals surface area contributed by atoms with Gasteiger partial charge in [-0.15, -0.1) is 0 Å². The lowest BCUT2D eigenvalue weighted by Gasteiger charge is -2.40. The van der Waals surface area contributed by atoms with Gasteiger partial charge >= 0.3 is 11.9 Å². The molecule has 1 saturated heterocycles. The van der Waals surface area contributed by atoms with Crippen molar-refractivity contribution in [3.05, 3.63) is 12.2 Å². The van der Waals surface area contributed by atoms with E-state index in [4.69, 9.17) is 18.9 Å². The highest BCUT2D eigenvalue weighted by Crippen LogP contribution is 2.24. The number of carbonyl (C=O) groups is 2. The third-order valence-corrected chi connectivity index (χ3v) is 11.8. The molecule has 0 saturated carbocycles. The molecule has 0 spiro atoms. The molecule has 1 heterocycles. The number of aliphatic hydroxyl groups is 3. The van der Waals surface area contributed by atoms with E-state index in [2.05, 4.69) is 26.0 Å². The molecule has 1 aliphatic heterocycles. The van der Waals surface area contributed by atoms with Crippen LogP contribution in [0, 0.1) is 0 Å². The van der Waals surface area contributed by atoms with Gasteiger partial charge < -0.3 is 34.3 Å². The fourth-order valence-electron chi connectivity index (χ4n) is 7.38. The highest BCUT2D eigenvalue weighted by molar-refractivity contribution is 7.85. The zero-order chi connectivity index (χ0) is 43.4. The first kappa shape index (κ1) is 55.4. The Balaban J connectivity index is 2.40. The molecule has 2 unspecified atom stereocenters. The van der Waals surface area contributed by atoms with Crippen LogP contribution in [0.1, 0.15) is 213 Å². The van der Waals surface area contributed by atoms with Crippen molar-refractivity contribution in [1.82, 2.24) is 0 Å². The van der Waals surface area contributed by atoms with Crippen LogP contribution in [0.2, 0.25) is 0 Å². The molecule has 6 atom stereocenters. The van der Waals surface area contributed by atoms with E-state index < -0.39 is 71.2 Å². The fraction of sp³-hybridized carbons (Fsp3) is 0.913. The first-order chi connectivity index (χ1) is 28.5. The van der Waals surface area contributed by atoms with E-state index in [1.807, 2.05) is 0 Å². The second-order valence-corrected chi connectivity index (χ2v) is 18.3. The molecule has 0 aromatic rings. The minimum atomic E-state index is -4.60. The number of hydrogen-bond donors (Lipinski definition) is 4. The van der Waals surface area contributed by atoms with Crippen LogP contribution in [0.15, 0.2) is 12.2 Å². The summed E-state index contributed by atoms with van der Waals surface area (Å²) in [6, 6.07) is 0. The van der Waals surface area contributed by atoms with Crippen molar-refractivity contribution in [2.75, 3.05) is 19.0 Å². The SMILES string of the molecule is CCCCCCCC/C=C/CCCCCC(=O)O[C@H](COC(=O)CCCCCCCCCCCCCCCCCCCC)CO[C@H]1O[C@H](CS(=O)(=O)O)[C@@H](O)C(O)C1O. The minimum absolute atomic E-state index is 0.148. The van der Waals surface area contributed by atoms with Gasteiger partial charge in [-0.2, -0.15) is 8.42 Å². The molecule has 348 valence electrons. The van der Waals surface area contributed by atoms with Crippen LogP contribution in [0.3, 0.4) is 0 Å². The first-order valence-corrected chi connectivity index (χ1v) is 25.4. The van der Waals surface area contributed by atoms with Gasteiger partial charge in [-0.05, 0) is 38.5 Å². The average Bonchev–Trinajstić information content (AvgIpc) is 3.20. The van der Waals surface area contributed by atoms with Crippen molar-refractivity contribution in [2.45, 2.75) is 250 Å². The minimum Gasteiger partial charge on any atom is -0.462 e. The molecule has 0 aromatic heterocycles. The highest BCUT2D eigenvalue weighted by atomic mass is 32.2. The van der Waals surface area contributed by atoms with Crippen molar-refractivity contribution in [2.24, 2.45) is 0 Å². The first-order valence-electron chi connectivity index (χ1n) is 23.7. The molecule has 1 fully saturated rings. The predicted molar refractivity (Wildman–Crippen MR) is 234 cm³/mol. The van der Waals surface area contributed by atoms with Crippen LogP contribution in [-0.4, -0.2) is 96.0 Å². The van der Waals surface area contributed by atoms with Crippen molar-refractivity contribution in [3.8, 4) is 0 Å². The predicted octanol–water partition coefficient (Wildman–Crippen LogP) is 9.84. The van der Waals surface area contributed by atoms with Crippen molar-refractivity contribution < 1.29 is 56.8 Å². The van der Waals surface area contributed by atoms with Gasteiger partial charge in [0.05, 0.1) is 6.61 Å². The Labute approximate surface area is 358 Å². The Morgan fingerprint density at radius 3 is 1.42 bits per heavy atom. The monoisotopic (exact) mass is 863 g/mol. The molecule has 13 heteroatoms. The van der Waals surface area contributed by atoms with E-state index in [0.717, 1.165) is 44.9 Å². The number of unbranched alkanes of at least 4 members (excludes halogenated alkanes) is 26. The second-order valence-electron chi connectivity index (χ2n) is 16.8. The Bertz CT molecular complexity index is 1150. The largest absolute Gasteiger partial charge is 0.462 e. The normalized spacial score (nSPS) is 20.3. The van der Waals surface area contributed by atoms with Crippen molar-refractivity contribution in [3.63, 3.8) is 0 Å². The molecule has 12 nitrogen and oxygen atoms in total. The molecule has 0 amide bonds. The Hall–Kier alpha value is -1.61. The smallest absolute Gasteiger partial charge is 0.306 e. The molecule has 4 N–H and O–H groups in total. The maximum Gasteiger partial charge on any atom is 0.306 e. The summed E-state index contributed by atoms with van der Waals surface area (Å²) in [5.41, 5.74) is 0. The Morgan fingerprint density at radius 1 is 0.559 bits per heavy atom. The third-order valence-electron chi connectivity index (χ3n) is 11.1.